The van der Waals surface area contributed by atoms with E-state index in [4.69, 9.17) is 5.11 Å². The summed E-state index contributed by atoms with van der Waals surface area (Å²) in [6.45, 7) is 5.33. The maximum absolute atomic E-state index is 12.1. The number of aromatic nitrogens is 2. The van der Waals surface area contributed by atoms with Crippen LogP contribution in [0.3, 0.4) is 0 Å². The van der Waals surface area contributed by atoms with Gasteiger partial charge in [0, 0.05) is 32.4 Å². The highest BCUT2D eigenvalue weighted by Crippen LogP contribution is 2.02. The van der Waals surface area contributed by atoms with Crippen molar-refractivity contribution in [1.29, 1.82) is 0 Å². The van der Waals surface area contributed by atoms with Gasteiger partial charge in [0.25, 0.3) is 10.2 Å². The second kappa shape index (κ2) is 8.11. The molecule has 2 N–H and O–H groups in total. The van der Waals surface area contributed by atoms with E-state index in [1.807, 2.05) is 13.8 Å². The number of carbonyl (C=O) groups is 1. The van der Waals surface area contributed by atoms with Crippen LogP contribution in [0.4, 0.5) is 0 Å². The SMILES string of the molecule is CCCN(CCC)S(=O)(=O)NCCn1cnc(C(=O)O)c1. The molecule has 1 aromatic rings. The molecule has 0 atom stereocenters. The number of carboxylic acid groups (broad SMARTS) is 1. The number of hydrogen-bond acceptors (Lipinski definition) is 4. The van der Waals surface area contributed by atoms with Crippen molar-refractivity contribution in [1.82, 2.24) is 18.6 Å². The van der Waals surface area contributed by atoms with Crippen LogP contribution in [0.2, 0.25) is 0 Å². The lowest BCUT2D eigenvalue weighted by atomic mass is 10.4. The van der Waals surface area contributed by atoms with Gasteiger partial charge in [-0.05, 0) is 12.8 Å². The van der Waals surface area contributed by atoms with Gasteiger partial charge in [0.15, 0.2) is 5.69 Å². The van der Waals surface area contributed by atoms with Crippen molar-refractivity contribution in [3.63, 3.8) is 0 Å². The second-order valence-corrected chi connectivity index (χ2v) is 6.36. The molecule has 0 saturated carbocycles. The molecule has 0 spiro atoms. The Morgan fingerprint density at radius 2 is 2.00 bits per heavy atom. The first-order valence-electron chi connectivity index (χ1n) is 6.90. The summed E-state index contributed by atoms with van der Waals surface area (Å²) in [5.74, 6) is -1.11. The highest BCUT2D eigenvalue weighted by molar-refractivity contribution is 7.87. The number of carboxylic acids is 1. The van der Waals surface area contributed by atoms with Crippen molar-refractivity contribution in [2.45, 2.75) is 33.2 Å². The maximum Gasteiger partial charge on any atom is 0.356 e. The maximum atomic E-state index is 12.1. The van der Waals surface area contributed by atoms with Crippen LogP contribution < -0.4 is 4.72 Å². The molecular formula is C12H22N4O4S. The van der Waals surface area contributed by atoms with Gasteiger partial charge in [0.2, 0.25) is 0 Å². The van der Waals surface area contributed by atoms with Gasteiger partial charge in [-0.1, -0.05) is 13.8 Å². The van der Waals surface area contributed by atoms with Crippen molar-refractivity contribution < 1.29 is 18.3 Å². The van der Waals surface area contributed by atoms with E-state index in [1.165, 1.54) is 21.4 Å². The van der Waals surface area contributed by atoms with Gasteiger partial charge in [-0.25, -0.2) is 14.5 Å². The van der Waals surface area contributed by atoms with Crippen LogP contribution in [0, 0.1) is 0 Å². The molecule has 0 aliphatic carbocycles. The molecule has 0 fully saturated rings. The summed E-state index contributed by atoms with van der Waals surface area (Å²) in [6.07, 6.45) is 4.24. The molecule has 0 unspecified atom stereocenters. The first-order valence-corrected chi connectivity index (χ1v) is 8.34. The van der Waals surface area contributed by atoms with E-state index in [2.05, 4.69) is 9.71 Å². The molecule has 8 nitrogen and oxygen atoms in total. The van der Waals surface area contributed by atoms with Crippen LogP contribution in [-0.2, 0) is 16.8 Å². The third kappa shape index (κ3) is 5.44. The third-order valence-corrected chi connectivity index (χ3v) is 4.41. The number of rotatable bonds is 10. The minimum atomic E-state index is -3.49. The minimum absolute atomic E-state index is 0.0588. The molecule has 0 aliphatic heterocycles. The zero-order chi connectivity index (χ0) is 15.9. The molecule has 1 rings (SSSR count). The lowest BCUT2D eigenvalue weighted by Gasteiger charge is -2.21. The molecule has 0 radical (unpaired) electrons. The van der Waals surface area contributed by atoms with Crippen molar-refractivity contribution in [2.75, 3.05) is 19.6 Å². The normalized spacial score (nSPS) is 12.0. The van der Waals surface area contributed by atoms with Crippen LogP contribution in [-0.4, -0.2) is 53.0 Å². The lowest BCUT2D eigenvalue weighted by Crippen LogP contribution is -2.42. The van der Waals surface area contributed by atoms with Gasteiger partial charge in [-0.3, -0.25) is 0 Å². The number of nitrogens with one attached hydrogen (secondary N) is 1. The number of imidazole rings is 1. The fraction of sp³-hybridized carbons (Fsp3) is 0.667. The molecule has 0 saturated heterocycles. The van der Waals surface area contributed by atoms with Crippen molar-refractivity contribution in [2.24, 2.45) is 0 Å². The molecular weight excluding hydrogens is 296 g/mol. The van der Waals surface area contributed by atoms with E-state index < -0.39 is 16.2 Å². The molecule has 1 aromatic heterocycles. The van der Waals surface area contributed by atoms with E-state index >= 15 is 0 Å². The minimum Gasteiger partial charge on any atom is -0.476 e. The second-order valence-electron chi connectivity index (χ2n) is 4.60. The Morgan fingerprint density at radius 1 is 1.38 bits per heavy atom. The largest absolute Gasteiger partial charge is 0.476 e. The predicted octanol–water partition coefficient (Wildman–Crippen LogP) is 0.538. The van der Waals surface area contributed by atoms with Gasteiger partial charge < -0.3 is 9.67 Å². The average Bonchev–Trinajstić information content (AvgIpc) is 2.87. The lowest BCUT2D eigenvalue weighted by molar-refractivity contribution is 0.0691. The summed E-state index contributed by atoms with van der Waals surface area (Å²) >= 11 is 0. The summed E-state index contributed by atoms with van der Waals surface area (Å²) in [5.41, 5.74) is -0.0588. The fourth-order valence-corrected chi connectivity index (χ4v) is 3.22. The highest BCUT2D eigenvalue weighted by Gasteiger charge is 2.19. The average molecular weight is 318 g/mol. The standard InChI is InChI=1S/C12H22N4O4S/c1-3-6-16(7-4-2)21(19,20)14-5-8-15-9-11(12(17)18)13-10-15/h9-10,14H,3-8H2,1-2H3,(H,17,18). The number of aromatic carboxylic acids is 1. The highest BCUT2D eigenvalue weighted by atomic mass is 32.2. The zero-order valence-corrected chi connectivity index (χ0v) is 13.1. The smallest absolute Gasteiger partial charge is 0.356 e. The Hall–Kier alpha value is -1.45. The third-order valence-electron chi connectivity index (χ3n) is 2.79. The van der Waals surface area contributed by atoms with Gasteiger partial charge in [-0.15, -0.1) is 0 Å². The Balaban J connectivity index is 2.53. The summed E-state index contributed by atoms with van der Waals surface area (Å²) < 4.78 is 29.7. The predicted molar refractivity (Wildman–Crippen MR) is 78.3 cm³/mol. The zero-order valence-electron chi connectivity index (χ0n) is 12.3. The van der Waals surface area contributed by atoms with Gasteiger partial charge in [0.05, 0.1) is 6.33 Å². The summed E-state index contributed by atoms with van der Waals surface area (Å²) in [7, 11) is -3.49. The van der Waals surface area contributed by atoms with Crippen LogP contribution in [0.5, 0.6) is 0 Å². The number of hydrogen-bond donors (Lipinski definition) is 2. The Kier molecular flexibility index (Phi) is 6.79. The van der Waals surface area contributed by atoms with Gasteiger partial charge >= 0.3 is 5.97 Å². The molecule has 21 heavy (non-hydrogen) atoms. The molecule has 120 valence electrons. The summed E-state index contributed by atoms with van der Waals surface area (Å²) in [6, 6.07) is 0. The van der Waals surface area contributed by atoms with Crippen LogP contribution in [0.1, 0.15) is 37.2 Å². The van der Waals surface area contributed by atoms with Crippen molar-refractivity contribution in [3.05, 3.63) is 18.2 Å². The van der Waals surface area contributed by atoms with E-state index in [1.54, 1.807) is 0 Å². The first-order chi connectivity index (χ1) is 9.90. The Morgan fingerprint density at radius 3 is 2.48 bits per heavy atom. The van der Waals surface area contributed by atoms with E-state index in [-0.39, 0.29) is 12.2 Å². The van der Waals surface area contributed by atoms with Gasteiger partial charge in [0.1, 0.15) is 0 Å². The fourth-order valence-electron chi connectivity index (χ4n) is 1.84. The quantitative estimate of drug-likeness (QED) is 0.655. The monoisotopic (exact) mass is 318 g/mol. The first kappa shape index (κ1) is 17.6. The number of nitrogens with zero attached hydrogens (tertiary/aromatic N) is 3. The molecule has 9 heteroatoms. The van der Waals surface area contributed by atoms with Crippen molar-refractivity contribution >= 4 is 16.2 Å². The topological polar surface area (TPSA) is 105 Å². The molecule has 0 aliphatic rings. The molecule has 0 bridgehead atoms. The van der Waals surface area contributed by atoms with Crippen molar-refractivity contribution in [3.8, 4) is 0 Å². The van der Waals surface area contributed by atoms with E-state index in [0.717, 1.165) is 12.8 Å². The van der Waals surface area contributed by atoms with Crippen LogP contribution >= 0.6 is 0 Å². The Bertz CT molecular complexity index is 549. The summed E-state index contributed by atoms with van der Waals surface area (Å²) in [4.78, 5) is 14.4. The molecule has 0 amide bonds. The molecule has 1 heterocycles. The van der Waals surface area contributed by atoms with E-state index in [0.29, 0.717) is 19.6 Å². The van der Waals surface area contributed by atoms with Crippen LogP contribution in [0.25, 0.3) is 0 Å². The Labute approximate surface area is 125 Å². The van der Waals surface area contributed by atoms with Gasteiger partial charge in [-0.2, -0.15) is 12.7 Å². The van der Waals surface area contributed by atoms with Crippen LogP contribution in [0.15, 0.2) is 12.5 Å². The summed E-state index contributed by atoms with van der Waals surface area (Å²) in [5, 5.41) is 8.75. The van der Waals surface area contributed by atoms with E-state index in [9.17, 15) is 13.2 Å². The molecule has 0 aromatic carbocycles.